The van der Waals surface area contributed by atoms with Crippen molar-refractivity contribution >= 4 is 23.5 Å². The molecule has 5 fully saturated rings. The standard InChI is InChI=1S/C19H29FN2O.C17H26FN3O.C17H25FN2O.C17H24FNO2.C16H24FNO/c1-14(2)17-9-16(10-18(20)12-17)13-22-7-5-15(6-8-22)11-19(23)21(3)4;1-17(2,3)13-7-12(8-14(18)9-13)10-21-6-5-20(4)15(11-21)16(19)22;1-17(2,3)14-6-12(7-15(18)8-14)9-20-10-13(11-20)16(21)19(4)5;1-4-16(20)17-11-19(5-6-21-17)10-13-7-14(12(2)3)9-15(18)8-13;1-12(2)15-6-14(7-16(17)8-15)10-18-5-3-4-13(9-18)11-19/h9-10,12,14-15H,5-8,11,13H2,1-4H3;7-9,15H,5-6,10-11H2,1-4H3,(H2,19,22);6-8,13H,9-11H2,1-5H3;7-9,12,17H,4-6,10-11H2,1-3H3;6-8,12-13,19H,3-5,9-11H2,1-2H3. The van der Waals surface area contributed by atoms with Crippen molar-refractivity contribution in [3.8, 4) is 0 Å². The van der Waals surface area contributed by atoms with Gasteiger partial charge in [-0.3, -0.25) is 48.6 Å². The molecule has 5 aliphatic rings. The van der Waals surface area contributed by atoms with E-state index in [4.69, 9.17) is 10.5 Å². The van der Waals surface area contributed by atoms with Crippen LogP contribution >= 0.6 is 0 Å². The van der Waals surface area contributed by atoms with E-state index < -0.39 is 0 Å². The van der Waals surface area contributed by atoms with Crippen LogP contribution in [0, 0.1) is 46.8 Å². The SMILES string of the molecule is CC(C)c1cc(F)cc(CN2CCC(CC(=O)N(C)C)CC2)c1.CC(C)c1cc(F)cc(CN2CCCC(CO)C2)c1.CCC(=O)C1CN(Cc2cc(F)cc(C(C)C)c2)CCO1.CN(C)C(=O)C1CN(Cc2cc(F)cc(C(C)(C)C)c2)C1.CN1CCN(Cc2cc(F)cc(C(C)(C)C)c2)CC1C(N)=O. The maximum absolute atomic E-state index is 13.9. The predicted octanol–water partition coefficient (Wildman–Crippen LogP) is 14.3. The molecular formula is C86H128F5N9O6. The molecule has 0 bridgehead atoms. The van der Waals surface area contributed by atoms with Crippen molar-refractivity contribution in [3.05, 3.63) is 176 Å². The highest BCUT2D eigenvalue weighted by molar-refractivity contribution is 5.83. The lowest BCUT2D eigenvalue weighted by Gasteiger charge is -2.39. The summed E-state index contributed by atoms with van der Waals surface area (Å²) in [7, 11) is 9.11. The molecule has 0 spiro atoms. The molecular weight excluding hydrogens is 1350 g/mol. The molecule has 5 aromatic rings. The van der Waals surface area contributed by atoms with Crippen LogP contribution in [0.15, 0.2) is 91.0 Å². The Balaban J connectivity index is 0.000000208. The number of hydrogen-bond acceptors (Lipinski definition) is 12. The van der Waals surface area contributed by atoms with Crippen molar-refractivity contribution in [2.24, 2.45) is 23.5 Å². The fourth-order valence-electron chi connectivity index (χ4n) is 14.0. The predicted molar refractivity (Wildman–Crippen MR) is 417 cm³/mol. The fourth-order valence-corrected chi connectivity index (χ4v) is 14.0. The molecule has 0 saturated carbocycles. The van der Waals surface area contributed by atoms with Gasteiger partial charge >= 0.3 is 0 Å². The van der Waals surface area contributed by atoms with Crippen molar-refractivity contribution in [1.82, 2.24) is 39.2 Å². The summed E-state index contributed by atoms with van der Waals surface area (Å²) in [6, 6.07) is 26.2. The summed E-state index contributed by atoms with van der Waals surface area (Å²) in [6.07, 6.45) is 5.14. The number of aliphatic hydroxyl groups excluding tert-OH is 1. The molecule has 3 N–H and O–H groups in total. The second-order valence-electron chi connectivity index (χ2n) is 33.6. The number of ketones is 1. The highest BCUT2D eigenvalue weighted by atomic mass is 19.1. The number of amides is 3. The minimum absolute atomic E-state index is 0.0603. The Bertz CT molecular complexity index is 3620. The van der Waals surface area contributed by atoms with Crippen LogP contribution < -0.4 is 5.73 Å². The lowest BCUT2D eigenvalue weighted by molar-refractivity contribution is -0.138. The Kier molecular flexibility index (Phi) is 34.5. The maximum atomic E-state index is 13.9. The van der Waals surface area contributed by atoms with Gasteiger partial charge in [0.1, 0.15) is 41.2 Å². The number of halogens is 5. The normalized spacial score (nSPS) is 19.0. The number of primary amides is 1. The fraction of sp³-hybridized carbons (Fsp3) is 0.605. The average Bonchev–Trinajstić information content (AvgIpc) is 0.816. The molecule has 3 atom stereocenters. The number of rotatable bonds is 20. The van der Waals surface area contributed by atoms with Gasteiger partial charge in [-0.05, 0) is 209 Å². The first kappa shape index (κ1) is 88.4. The number of nitrogens with zero attached hydrogens (tertiary/aromatic N) is 8. The number of nitrogens with two attached hydrogens (primary N) is 1. The number of likely N-dealkylation sites (tertiary alicyclic amines) is 3. The number of piperidine rings is 2. The maximum Gasteiger partial charge on any atom is 0.236 e. The highest BCUT2D eigenvalue weighted by Gasteiger charge is 2.34. The van der Waals surface area contributed by atoms with Crippen LogP contribution in [-0.4, -0.2) is 200 Å². The van der Waals surface area contributed by atoms with Gasteiger partial charge in [0.05, 0.1) is 12.5 Å². The lowest BCUT2D eigenvalue weighted by Crippen LogP contribution is -2.56. The van der Waals surface area contributed by atoms with E-state index in [2.05, 4.69) is 138 Å². The van der Waals surface area contributed by atoms with Crippen LogP contribution in [0.3, 0.4) is 0 Å². The first-order valence-electron chi connectivity index (χ1n) is 38.5. The summed E-state index contributed by atoms with van der Waals surface area (Å²) in [5.74, 6) is 1.33. The Morgan fingerprint density at radius 2 is 0.915 bits per heavy atom. The zero-order valence-electron chi connectivity index (χ0n) is 67.3. The number of morpholine rings is 1. The molecule has 3 amide bonds. The van der Waals surface area contributed by atoms with Crippen LogP contribution in [0.25, 0.3) is 0 Å². The Morgan fingerprint density at radius 1 is 0.500 bits per heavy atom. The average molecular weight is 1480 g/mol. The summed E-state index contributed by atoms with van der Waals surface area (Å²) in [5, 5.41) is 9.25. The van der Waals surface area contributed by atoms with Crippen molar-refractivity contribution in [1.29, 1.82) is 0 Å². The lowest BCUT2D eigenvalue weighted by atomic mass is 9.86. The Hall–Kier alpha value is -6.49. The number of likely N-dealkylation sites (N-methyl/N-ethyl adjacent to an activating group) is 1. The molecule has 5 heterocycles. The number of piperazine rings is 1. The number of Topliss-reactive ketones (excluding diaryl/α,β-unsaturated/α-hetero) is 1. The van der Waals surface area contributed by atoms with Gasteiger partial charge in [-0.15, -0.1) is 0 Å². The van der Waals surface area contributed by atoms with E-state index in [1.807, 2.05) is 33.0 Å². The van der Waals surface area contributed by atoms with E-state index >= 15 is 0 Å². The van der Waals surface area contributed by atoms with Gasteiger partial charge < -0.3 is 25.4 Å². The first-order chi connectivity index (χ1) is 49.7. The van der Waals surface area contributed by atoms with Crippen LogP contribution in [0.4, 0.5) is 22.0 Å². The van der Waals surface area contributed by atoms with E-state index in [0.717, 1.165) is 153 Å². The molecule has 10 rings (SSSR count). The van der Waals surface area contributed by atoms with Crippen molar-refractivity contribution < 1.29 is 51.0 Å². The molecule has 0 aromatic heterocycles. The van der Waals surface area contributed by atoms with Gasteiger partial charge in [0.15, 0.2) is 5.78 Å². The number of hydrogen-bond donors (Lipinski definition) is 2. The van der Waals surface area contributed by atoms with Crippen molar-refractivity contribution in [2.75, 3.05) is 120 Å². The van der Waals surface area contributed by atoms with Gasteiger partial charge in [-0.25, -0.2) is 22.0 Å². The molecule has 588 valence electrons. The number of carbonyl (C=O) groups is 4. The summed E-state index contributed by atoms with van der Waals surface area (Å²) in [6.45, 7) is 40.3. The molecule has 15 nitrogen and oxygen atoms in total. The van der Waals surface area contributed by atoms with Crippen molar-refractivity contribution in [2.45, 2.75) is 202 Å². The van der Waals surface area contributed by atoms with Crippen LogP contribution in [0.5, 0.6) is 0 Å². The van der Waals surface area contributed by atoms with E-state index in [-0.39, 0.29) is 88.1 Å². The molecule has 0 radical (unpaired) electrons. The third kappa shape index (κ3) is 29.2. The van der Waals surface area contributed by atoms with Crippen LogP contribution in [0.2, 0.25) is 0 Å². The first-order valence-corrected chi connectivity index (χ1v) is 38.5. The monoisotopic (exact) mass is 1480 g/mol. The quantitative estimate of drug-likeness (QED) is 0.0714. The van der Waals surface area contributed by atoms with Gasteiger partial charge in [-0.2, -0.15) is 0 Å². The molecule has 5 aromatic carbocycles. The van der Waals surface area contributed by atoms with E-state index in [9.17, 15) is 46.2 Å². The minimum Gasteiger partial charge on any atom is -0.396 e. The van der Waals surface area contributed by atoms with Gasteiger partial charge in [0.2, 0.25) is 17.7 Å². The molecule has 5 aliphatic heterocycles. The summed E-state index contributed by atoms with van der Waals surface area (Å²) in [5.41, 5.74) is 15.4. The van der Waals surface area contributed by atoms with E-state index in [1.165, 1.54) is 0 Å². The number of ether oxygens (including phenoxy) is 1. The molecule has 106 heavy (non-hydrogen) atoms. The summed E-state index contributed by atoms with van der Waals surface area (Å²) in [4.78, 5) is 63.3. The topological polar surface area (TPSA) is 150 Å². The second kappa shape index (κ2) is 41.3. The van der Waals surface area contributed by atoms with Crippen molar-refractivity contribution in [3.63, 3.8) is 0 Å². The zero-order valence-corrected chi connectivity index (χ0v) is 67.3. The Labute approximate surface area is 632 Å². The number of aliphatic hydroxyl groups is 1. The van der Waals surface area contributed by atoms with E-state index in [0.29, 0.717) is 81.8 Å². The number of carbonyl (C=O) groups excluding carboxylic acids is 4. The largest absolute Gasteiger partial charge is 0.396 e. The van der Waals surface area contributed by atoms with Gasteiger partial charge in [0, 0.05) is 133 Å². The molecule has 20 heteroatoms. The highest BCUT2D eigenvalue weighted by Crippen LogP contribution is 2.31. The molecule has 3 unspecified atom stereocenters. The summed E-state index contributed by atoms with van der Waals surface area (Å²) >= 11 is 0. The van der Waals surface area contributed by atoms with Crippen LogP contribution in [-0.2, 0) is 67.5 Å². The van der Waals surface area contributed by atoms with E-state index in [1.54, 1.807) is 84.6 Å². The molecule has 5 saturated heterocycles. The third-order valence-corrected chi connectivity index (χ3v) is 20.8. The Morgan fingerprint density at radius 3 is 1.32 bits per heavy atom. The van der Waals surface area contributed by atoms with Crippen LogP contribution in [0.1, 0.15) is 202 Å². The van der Waals surface area contributed by atoms with Gasteiger partial charge in [-0.1, -0.05) is 120 Å². The number of benzene rings is 5. The third-order valence-electron chi connectivity index (χ3n) is 20.8. The van der Waals surface area contributed by atoms with Gasteiger partial charge in [0.25, 0.3) is 0 Å². The molecule has 0 aliphatic carbocycles. The zero-order chi connectivity index (χ0) is 78.5. The second-order valence-corrected chi connectivity index (χ2v) is 33.6. The smallest absolute Gasteiger partial charge is 0.236 e. The minimum atomic E-state index is -0.332. The summed E-state index contributed by atoms with van der Waals surface area (Å²) < 4.78 is 74.3.